The van der Waals surface area contributed by atoms with Crippen molar-refractivity contribution in [1.29, 1.82) is 0 Å². The van der Waals surface area contributed by atoms with Crippen molar-refractivity contribution in [2.75, 3.05) is 9.80 Å². The third-order valence-electron chi connectivity index (χ3n) is 9.24. The molecule has 0 aliphatic heterocycles. The molecule has 0 bridgehead atoms. The van der Waals surface area contributed by atoms with Gasteiger partial charge in [-0.05, 0) is 95.4 Å². The molecule has 0 fully saturated rings. The molecule has 1 aromatic heterocycles. The molecule has 0 atom stereocenters. The van der Waals surface area contributed by atoms with E-state index >= 15 is 0 Å². The van der Waals surface area contributed by atoms with Crippen LogP contribution in [-0.4, -0.2) is 0 Å². The first-order valence-corrected chi connectivity index (χ1v) is 16.6. The van der Waals surface area contributed by atoms with Gasteiger partial charge >= 0.3 is 0 Å². The molecule has 0 saturated carbocycles. The van der Waals surface area contributed by atoms with Crippen LogP contribution in [-0.2, 0) is 0 Å². The molecule has 0 amide bonds. The highest BCUT2D eigenvalue weighted by atomic mass is 16.3. The number of rotatable bonds is 7. The molecule has 0 unspecified atom stereocenters. The highest BCUT2D eigenvalue weighted by Crippen LogP contribution is 2.41. The van der Waals surface area contributed by atoms with E-state index in [1.165, 1.54) is 16.3 Å². The van der Waals surface area contributed by atoms with Crippen LogP contribution in [0, 0.1) is 0 Å². The zero-order valence-electron chi connectivity index (χ0n) is 26.8. The highest BCUT2D eigenvalue weighted by Gasteiger charge is 2.17. The molecule has 0 N–H and O–H groups in total. The van der Waals surface area contributed by atoms with Crippen molar-refractivity contribution in [3.63, 3.8) is 0 Å². The number of benzene rings is 8. The lowest BCUT2D eigenvalue weighted by atomic mass is 10.0. The Morgan fingerprint density at radius 1 is 0.306 bits per heavy atom. The lowest BCUT2D eigenvalue weighted by Gasteiger charge is -2.27. The van der Waals surface area contributed by atoms with Gasteiger partial charge in [-0.2, -0.15) is 0 Å². The smallest absolute Gasteiger partial charge is 0.135 e. The van der Waals surface area contributed by atoms with Crippen molar-refractivity contribution in [3.05, 3.63) is 194 Å². The van der Waals surface area contributed by atoms with E-state index in [0.29, 0.717) is 0 Å². The van der Waals surface area contributed by atoms with Crippen molar-refractivity contribution in [2.24, 2.45) is 0 Å². The second kappa shape index (κ2) is 12.2. The van der Waals surface area contributed by atoms with Crippen molar-refractivity contribution in [2.45, 2.75) is 0 Å². The third kappa shape index (κ3) is 5.28. The number of hydrogen-bond donors (Lipinski definition) is 0. The molecule has 3 nitrogen and oxygen atoms in total. The van der Waals surface area contributed by atoms with E-state index in [0.717, 1.165) is 61.6 Å². The Morgan fingerprint density at radius 2 is 0.796 bits per heavy atom. The van der Waals surface area contributed by atoms with Gasteiger partial charge in [-0.25, -0.2) is 0 Å². The van der Waals surface area contributed by atoms with Crippen LogP contribution in [0.3, 0.4) is 0 Å². The van der Waals surface area contributed by atoms with Crippen LogP contribution < -0.4 is 9.80 Å². The van der Waals surface area contributed by atoms with Crippen LogP contribution >= 0.6 is 0 Å². The van der Waals surface area contributed by atoms with Crippen LogP contribution in [0.15, 0.2) is 199 Å². The topological polar surface area (TPSA) is 19.6 Å². The van der Waals surface area contributed by atoms with E-state index in [9.17, 15) is 0 Å². The van der Waals surface area contributed by atoms with Crippen LogP contribution in [0.25, 0.3) is 43.8 Å². The molecule has 0 saturated heterocycles. The summed E-state index contributed by atoms with van der Waals surface area (Å²) < 4.78 is 6.13. The predicted molar refractivity (Wildman–Crippen MR) is 206 cm³/mol. The third-order valence-corrected chi connectivity index (χ3v) is 9.24. The summed E-state index contributed by atoms with van der Waals surface area (Å²) in [6, 6.07) is 68.6. The fourth-order valence-electron chi connectivity index (χ4n) is 6.89. The quantitative estimate of drug-likeness (QED) is 0.175. The first-order valence-electron chi connectivity index (χ1n) is 16.6. The van der Waals surface area contributed by atoms with Gasteiger partial charge < -0.3 is 14.2 Å². The summed E-state index contributed by atoms with van der Waals surface area (Å²) >= 11 is 0. The maximum Gasteiger partial charge on any atom is 0.135 e. The fourth-order valence-corrected chi connectivity index (χ4v) is 6.89. The number of fused-ring (bicyclic) bond motifs is 4. The van der Waals surface area contributed by atoms with Gasteiger partial charge in [0.2, 0.25) is 0 Å². The Morgan fingerprint density at radius 3 is 1.49 bits per heavy atom. The monoisotopic (exact) mass is 628 g/mol. The predicted octanol–water partition coefficient (Wildman–Crippen LogP) is 13.3. The molecular formula is C46H32N2O. The van der Waals surface area contributed by atoms with Gasteiger partial charge in [0, 0.05) is 44.6 Å². The Bertz CT molecular complexity index is 2530. The largest absolute Gasteiger partial charge is 0.456 e. The number of anilines is 6. The molecule has 3 heteroatoms. The van der Waals surface area contributed by atoms with Gasteiger partial charge in [-0.15, -0.1) is 0 Å². The standard InChI is InChI=1S/C46H32N2O/c1-3-14-36(15-4-1)47(40-30-31-46-43(32-40)42-19-9-10-21-45(42)49-46)38-26-22-33(23-27-38)34-24-28-39(29-25-34)48(37-16-5-2-6-17-37)44-20-11-13-35-12-7-8-18-41(35)44/h1-32H. The van der Waals surface area contributed by atoms with Gasteiger partial charge in [0.05, 0.1) is 5.69 Å². The second-order valence-electron chi connectivity index (χ2n) is 12.2. The minimum Gasteiger partial charge on any atom is -0.456 e. The lowest BCUT2D eigenvalue weighted by Crippen LogP contribution is -2.10. The zero-order valence-corrected chi connectivity index (χ0v) is 26.8. The van der Waals surface area contributed by atoms with Gasteiger partial charge in [-0.3, -0.25) is 0 Å². The van der Waals surface area contributed by atoms with Crippen LogP contribution in [0.4, 0.5) is 34.1 Å². The van der Waals surface area contributed by atoms with Crippen molar-refractivity contribution in [3.8, 4) is 11.1 Å². The Kier molecular flexibility index (Phi) is 7.14. The molecule has 0 radical (unpaired) electrons. The van der Waals surface area contributed by atoms with Gasteiger partial charge in [0.15, 0.2) is 0 Å². The Balaban J connectivity index is 1.07. The van der Waals surface area contributed by atoms with Crippen LogP contribution in [0.1, 0.15) is 0 Å². The summed E-state index contributed by atoms with van der Waals surface area (Å²) in [7, 11) is 0. The van der Waals surface area contributed by atoms with E-state index in [-0.39, 0.29) is 0 Å². The first kappa shape index (κ1) is 28.6. The molecule has 8 aromatic carbocycles. The molecular weight excluding hydrogens is 597 g/mol. The molecule has 0 aliphatic rings. The normalized spacial score (nSPS) is 11.3. The highest BCUT2D eigenvalue weighted by molar-refractivity contribution is 6.06. The zero-order chi connectivity index (χ0) is 32.6. The summed E-state index contributed by atoms with van der Waals surface area (Å²) in [5, 5.41) is 4.67. The van der Waals surface area contributed by atoms with E-state index < -0.39 is 0 Å². The number of hydrogen-bond acceptors (Lipinski definition) is 3. The molecule has 1 heterocycles. The fraction of sp³-hybridized carbons (Fsp3) is 0. The van der Waals surface area contributed by atoms with E-state index in [1.807, 2.05) is 12.1 Å². The summed E-state index contributed by atoms with van der Waals surface area (Å²) in [5.74, 6) is 0. The maximum atomic E-state index is 6.13. The minimum atomic E-state index is 0.892. The van der Waals surface area contributed by atoms with E-state index in [1.54, 1.807) is 0 Å². The molecule has 9 rings (SSSR count). The van der Waals surface area contributed by atoms with E-state index in [2.05, 4.69) is 192 Å². The summed E-state index contributed by atoms with van der Waals surface area (Å²) in [5.41, 5.74) is 10.8. The Hall–Kier alpha value is -6.58. The van der Waals surface area contributed by atoms with Crippen molar-refractivity contribution >= 4 is 66.8 Å². The average molecular weight is 629 g/mol. The number of furan rings is 1. The van der Waals surface area contributed by atoms with Gasteiger partial charge in [-0.1, -0.05) is 115 Å². The summed E-state index contributed by atoms with van der Waals surface area (Å²) in [4.78, 5) is 4.64. The Labute approximate surface area is 285 Å². The summed E-state index contributed by atoms with van der Waals surface area (Å²) in [6.45, 7) is 0. The van der Waals surface area contributed by atoms with Crippen molar-refractivity contribution in [1.82, 2.24) is 0 Å². The molecule has 0 spiro atoms. The average Bonchev–Trinajstić information content (AvgIpc) is 3.55. The molecule has 0 aliphatic carbocycles. The van der Waals surface area contributed by atoms with Crippen molar-refractivity contribution < 1.29 is 4.42 Å². The summed E-state index contributed by atoms with van der Waals surface area (Å²) in [6.07, 6.45) is 0. The van der Waals surface area contributed by atoms with Gasteiger partial charge in [0.25, 0.3) is 0 Å². The SMILES string of the molecule is c1ccc(N(c2ccc(-c3ccc(N(c4ccccc4)c4cccc5ccccc45)cc3)cc2)c2ccc3oc4ccccc4c3c2)cc1. The molecule has 49 heavy (non-hydrogen) atoms. The van der Waals surface area contributed by atoms with E-state index in [4.69, 9.17) is 4.42 Å². The molecule has 9 aromatic rings. The first-order chi connectivity index (χ1) is 24.3. The van der Waals surface area contributed by atoms with Crippen LogP contribution in [0.2, 0.25) is 0 Å². The molecule has 232 valence electrons. The van der Waals surface area contributed by atoms with Crippen LogP contribution in [0.5, 0.6) is 0 Å². The van der Waals surface area contributed by atoms with Gasteiger partial charge in [0.1, 0.15) is 11.2 Å². The number of para-hydroxylation sites is 3. The lowest BCUT2D eigenvalue weighted by molar-refractivity contribution is 0.669. The second-order valence-corrected chi connectivity index (χ2v) is 12.2. The maximum absolute atomic E-state index is 6.13. The minimum absolute atomic E-state index is 0.892. The number of nitrogens with zero attached hydrogens (tertiary/aromatic N) is 2.